The summed E-state index contributed by atoms with van der Waals surface area (Å²) in [6.45, 7) is 5.38. The normalized spacial score (nSPS) is 17.9. The van der Waals surface area contributed by atoms with Crippen molar-refractivity contribution in [2.24, 2.45) is 0 Å². The molecule has 0 aliphatic carbocycles. The van der Waals surface area contributed by atoms with Crippen molar-refractivity contribution in [1.82, 2.24) is 10.2 Å². The summed E-state index contributed by atoms with van der Waals surface area (Å²) in [5, 5.41) is 23.2. The van der Waals surface area contributed by atoms with E-state index in [2.05, 4.69) is 16.3 Å². The van der Waals surface area contributed by atoms with Gasteiger partial charge in [0.1, 0.15) is 5.75 Å². The van der Waals surface area contributed by atoms with Gasteiger partial charge >= 0.3 is 0 Å². The lowest BCUT2D eigenvalue weighted by molar-refractivity contribution is 0.173. The van der Waals surface area contributed by atoms with Crippen LogP contribution < -0.4 is 5.32 Å². The molecule has 19 heavy (non-hydrogen) atoms. The third-order valence-corrected chi connectivity index (χ3v) is 3.75. The molecule has 0 aromatic heterocycles. The molecular weight excluding hydrogens is 262 g/mol. The maximum atomic E-state index is 10.2. The predicted molar refractivity (Wildman–Crippen MR) is 75.3 cm³/mol. The van der Waals surface area contributed by atoms with E-state index in [4.69, 9.17) is 16.9 Å². The van der Waals surface area contributed by atoms with Crippen LogP contribution in [0.4, 0.5) is 0 Å². The summed E-state index contributed by atoms with van der Waals surface area (Å²) in [7, 11) is 0. The van der Waals surface area contributed by atoms with Crippen LogP contribution in [-0.2, 0) is 0 Å². The number of halogens is 1. The van der Waals surface area contributed by atoms with Gasteiger partial charge in [0.25, 0.3) is 0 Å². The Labute approximate surface area is 118 Å². The van der Waals surface area contributed by atoms with Crippen molar-refractivity contribution in [3.63, 3.8) is 0 Å². The fraction of sp³-hybridized carbons (Fsp3) is 0.500. The Balaban J connectivity index is 2.35. The molecule has 0 amide bonds. The Bertz CT molecular complexity index is 492. The SMILES string of the molecule is Cc1cc(Cl)cc([C@H](CC#N)N2CCNCC2)c1O. The van der Waals surface area contributed by atoms with Gasteiger partial charge in [0.15, 0.2) is 0 Å². The lowest BCUT2D eigenvalue weighted by Gasteiger charge is -2.34. The second kappa shape index (κ2) is 6.25. The maximum absolute atomic E-state index is 10.2. The van der Waals surface area contributed by atoms with E-state index in [1.165, 1.54) is 0 Å². The molecule has 1 aromatic carbocycles. The summed E-state index contributed by atoms with van der Waals surface area (Å²) in [6.07, 6.45) is 0.355. The first kappa shape index (κ1) is 14.1. The van der Waals surface area contributed by atoms with Crippen LogP contribution in [0.1, 0.15) is 23.6 Å². The minimum atomic E-state index is -0.0931. The highest BCUT2D eigenvalue weighted by molar-refractivity contribution is 6.30. The highest BCUT2D eigenvalue weighted by Gasteiger charge is 2.25. The molecule has 0 unspecified atom stereocenters. The van der Waals surface area contributed by atoms with Crippen molar-refractivity contribution in [3.05, 3.63) is 28.3 Å². The largest absolute Gasteiger partial charge is 0.507 e. The van der Waals surface area contributed by atoms with Crippen molar-refractivity contribution in [2.45, 2.75) is 19.4 Å². The van der Waals surface area contributed by atoms with Gasteiger partial charge in [-0.3, -0.25) is 4.90 Å². The molecule has 0 radical (unpaired) electrons. The van der Waals surface area contributed by atoms with Gasteiger partial charge in [0, 0.05) is 36.8 Å². The Kier molecular flexibility index (Phi) is 4.65. The molecule has 2 rings (SSSR count). The minimum absolute atomic E-state index is 0.0931. The molecule has 1 saturated heterocycles. The molecule has 102 valence electrons. The van der Waals surface area contributed by atoms with Gasteiger partial charge in [-0.15, -0.1) is 0 Å². The van der Waals surface area contributed by atoms with Crippen molar-refractivity contribution < 1.29 is 5.11 Å². The third-order valence-electron chi connectivity index (χ3n) is 3.53. The Hall–Kier alpha value is -1.28. The van der Waals surface area contributed by atoms with Crippen LogP contribution in [0.3, 0.4) is 0 Å². The summed E-state index contributed by atoms with van der Waals surface area (Å²) in [4.78, 5) is 2.23. The average molecular weight is 280 g/mol. The van der Waals surface area contributed by atoms with Crippen molar-refractivity contribution in [3.8, 4) is 11.8 Å². The Morgan fingerprint density at radius 2 is 2.16 bits per heavy atom. The maximum Gasteiger partial charge on any atom is 0.123 e. The van der Waals surface area contributed by atoms with Gasteiger partial charge in [-0.05, 0) is 24.6 Å². The Morgan fingerprint density at radius 3 is 2.79 bits per heavy atom. The summed E-state index contributed by atoms with van der Waals surface area (Å²) in [6, 6.07) is 5.63. The summed E-state index contributed by atoms with van der Waals surface area (Å²) in [5.41, 5.74) is 1.51. The monoisotopic (exact) mass is 279 g/mol. The first-order valence-electron chi connectivity index (χ1n) is 6.44. The second-order valence-corrected chi connectivity index (χ2v) is 5.26. The number of benzene rings is 1. The highest BCUT2D eigenvalue weighted by Crippen LogP contribution is 2.35. The zero-order chi connectivity index (χ0) is 13.8. The summed E-state index contributed by atoms with van der Waals surface area (Å²) < 4.78 is 0. The topological polar surface area (TPSA) is 59.3 Å². The number of hydrogen-bond acceptors (Lipinski definition) is 4. The van der Waals surface area contributed by atoms with Crippen LogP contribution in [0.25, 0.3) is 0 Å². The van der Waals surface area contributed by atoms with Gasteiger partial charge in [-0.1, -0.05) is 11.6 Å². The first-order chi connectivity index (χ1) is 9.13. The molecule has 1 aliphatic heterocycles. The van der Waals surface area contributed by atoms with E-state index in [9.17, 15) is 5.11 Å². The zero-order valence-electron chi connectivity index (χ0n) is 11.0. The highest BCUT2D eigenvalue weighted by atomic mass is 35.5. The molecule has 1 aromatic rings. The van der Waals surface area contributed by atoms with Crippen LogP contribution in [0.15, 0.2) is 12.1 Å². The number of rotatable bonds is 3. The molecule has 0 bridgehead atoms. The van der Waals surface area contributed by atoms with Crippen molar-refractivity contribution in [1.29, 1.82) is 5.26 Å². The van der Waals surface area contributed by atoms with Crippen LogP contribution in [0.5, 0.6) is 5.75 Å². The third kappa shape index (κ3) is 3.19. The fourth-order valence-corrected chi connectivity index (χ4v) is 2.81. The number of nitriles is 1. The zero-order valence-corrected chi connectivity index (χ0v) is 11.7. The molecule has 0 saturated carbocycles. The van der Waals surface area contributed by atoms with Crippen LogP contribution in [-0.4, -0.2) is 36.2 Å². The lowest BCUT2D eigenvalue weighted by Crippen LogP contribution is -2.45. The van der Waals surface area contributed by atoms with Gasteiger partial charge in [-0.2, -0.15) is 5.26 Å². The smallest absolute Gasteiger partial charge is 0.123 e. The molecule has 5 heteroatoms. The quantitative estimate of drug-likeness (QED) is 0.891. The van der Waals surface area contributed by atoms with Gasteiger partial charge in [0.2, 0.25) is 0 Å². The van der Waals surface area contributed by atoms with E-state index in [0.29, 0.717) is 11.4 Å². The predicted octanol–water partition coefficient (Wildman–Crippen LogP) is 2.21. The molecule has 2 N–H and O–H groups in total. The van der Waals surface area contributed by atoms with Crippen molar-refractivity contribution in [2.75, 3.05) is 26.2 Å². The fourth-order valence-electron chi connectivity index (χ4n) is 2.53. The summed E-state index contributed by atoms with van der Waals surface area (Å²) in [5.74, 6) is 0.253. The number of phenolic OH excluding ortho intramolecular Hbond substituents is 1. The van der Waals surface area contributed by atoms with Crippen molar-refractivity contribution >= 4 is 11.6 Å². The van der Waals surface area contributed by atoms with Gasteiger partial charge in [-0.25, -0.2) is 0 Å². The Morgan fingerprint density at radius 1 is 1.47 bits per heavy atom. The number of nitrogens with zero attached hydrogens (tertiary/aromatic N) is 2. The lowest BCUT2D eigenvalue weighted by atomic mass is 9.98. The van der Waals surface area contributed by atoms with Crippen LogP contribution >= 0.6 is 11.6 Å². The average Bonchev–Trinajstić information content (AvgIpc) is 2.41. The second-order valence-electron chi connectivity index (χ2n) is 4.82. The van der Waals surface area contributed by atoms with Gasteiger partial charge < -0.3 is 10.4 Å². The minimum Gasteiger partial charge on any atom is -0.507 e. The summed E-state index contributed by atoms with van der Waals surface area (Å²) >= 11 is 6.08. The van der Waals surface area contributed by atoms with E-state index >= 15 is 0 Å². The molecule has 0 spiro atoms. The molecule has 1 aliphatic rings. The number of piperazine rings is 1. The standard InChI is InChI=1S/C14H18ClN3O/c1-10-8-11(15)9-12(14(10)19)13(2-3-16)18-6-4-17-5-7-18/h8-9,13,17,19H,2,4-7H2,1H3/t13-/m0/s1. The molecular formula is C14H18ClN3O. The first-order valence-corrected chi connectivity index (χ1v) is 6.82. The van der Waals surface area contributed by atoms with Gasteiger partial charge in [0.05, 0.1) is 18.5 Å². The molecule has 1 atom stereocenters. The number of hydrogen-bond donors (Lipinski definition) is 2. The van der Waals surface area contributed by atoms with E-state index in [0.717, 1.165) is 37.3 Å². The van der Waals surface area contributed by atoms with E-state index < -0.39 is 0 Å². The molecule has 4 nitrogen and oxygen atoms in total. The number of aryl methyl sites for hydroxylation is 1. The number of aromatic hydroxyl groups is 1. The number of phenols is 1. The van der Waals surface area contributed by atoms with Crippen LogP contribution in [0.2, 0.25) is 5.02 Å². The van der Waals surface area contributed by atoms with Crippen LogP contribution in [0, 0.1) is 18.3 Å². The van der Waals surface area contributed by atoms with E-state index in [1.54, 1.807) is 12.1 Å². The van der Waals surface area contributed by atoms with E-state index in [1.807, 2.05) is 6.92 Å². The molecule has 1 heterocycles. The van der Waals surface area contributed by atoms with E-state index in [-0.39, 0.29) is 11.8 Å². The molecule has 1 fully saturated rings. The number of nitrogens with one attached hydrogen (secondary N) is 1.